The highest BCUT2D eigenvalue weighted by Crippen LogP contribution is 2.05. The standard InChI is InChI=1S/C6H9N3O/c1-4-3-8-6(10)2-5(4)9-7/h2-3H,7H2,1H3,(H2,8,9,10). The summed E-state index contributed by atoms with van der Waals surface area (Å²) in [7, 11) is 0. The Kier molecular flexibility index (Phi) is 1.73. The van der Waals surface area contributed by atoms with E-state index in [4.69, 9.17) is 5.84 Å². The molecule has 0 bridgehead atoms. The van der Waals surface area contributed by atoms with Crippen molar-refractivity contribution in [2.45, 2.75) is 6.92 Å². The lowest BCUT2D eigenvalue weighted by Crippen LogP contribution is -2.13. The fraction of sp³-hybridized carbons (Fsp3) is 0.167. The maximum absolute atomic E-state index is 10.7. The van der Waals surface area contributed by atoms with Crippen LogP contribution in [0.1, 0.15) is 5.56 Å². The summed E-state index contributed by atoms with van der Waals surface area (Å²) in [6.45, 7) is 1.85. The van der Waals surface area contributed by atoms with Gasteiger partial charge < -0.3 is 10.4 Å². The first kappa shape index (κ1) is 6.82. The van der Waals surface area contributed by atoms with Gasteiger partial charge in [-0.2, -0.15) is 0 Å². The van der Waals surface area contributed by atoms with Crippen LogP contribution in [0, 0.1) is 6.92 Å². The summed E-state index contributed by atoms with van der Waals surface area (Å²) >= 11 is 0. The number of hydrogen-bond donors (Lipinski definition) is 3. The van der Waals surface area contributed by atoms with Gasteiger partial charge in [0.05, 0.1) is 5.69 Å². The number of hydrogen-bond acceptors (Lipinski definition) is 3. The van der Waals surface area contributed by atoms with Gasteiger partial charge in [-0.1, -0.05) is 0 Å². The second-order valence-electron chi connectivity index (χ2n) is 2.04. The van der Waals surface area contributed by atoms with Crippen molar-refractivity contribution in [2.75, 3.05) is 5.43 Å². The minimum atomic E-state index is -0.154. The number of aryl methyl sites for hydroxylation is 1. The third-order valence-corrected chi connectivity index (χ3v) is 1.29. The van der Waals surface area contributed by atoms with Gasteiger partial charge in [-0.05, 0) is 12.5 Å². The van der Waals surface area contributed by atoms with Gasteiger partial charge in [0, 0.05) is 12.3 Å². The van der Waals surface area contributed by atoms with E-state index in [2.05, 4.69) is 10.4 Å². The first-order chi connectivity index (χ1) is 4.74. The molecule has 1 aromatic rings. The number of nitrogens with one attached hydrogen (secondary N) is 2. The van der Waals surface area contributed by atoms with Crippen LogP contribution >= 0.6 is 0 Å². The van der Waals surface area contributed by atoms with Crippen molar-refractivity contribution < 1.29 is 0 Å². The van der Waals surface area contributed by atoms with E-state index in [1.165, 1.54) is 6.07 Å². The van der Waals surface area contributed by atoms with Crippen LogP contribution < -0.4 is 16.8 Å². The van der Waals surface area contributed by atoms with Gasteiger partial charge in [-0.15, -0.1) is 0 Å². The van der Waals surface area contributed by atoms with Crippen LogP contribution in [-0.2, 0) is 0 Å². The average Bonchev–Trinajstić information content (AvgIpc) is 1.94. The molecule has 0 amide bonds. The zero-order chi connectivity index (χ0) is 7.56. The molecule has 0 fully saturated rings. The van der Waals surface area contributed by atoms with Crippen molar-refractivity contribution in [1.29, 1.82) is 0 Å². The molecule has 4 nitrogen and oxygen atoms in total. The molecule has 0 atom stereocenters. The molecule has 0 saturated carbocycles. The topological polar surface area (TPSA) is 70.9 Å². The molecule has 0 aliphatic heterocycles. The molecule has 0 aliphatic carbocycles. The molecule has 0 aliphatic rings. The zero-order valence-corrected chi connectivity index (χ0v) is 5.64. The van der Waals surface area contributed by atoms with Crippen LogP contribution in [0.2, 0.25) is 0 Å². The molecular weight excluding hydrogens is 130 g/mol. The van der Waals surface area contributed by atoms with Crippen LogP contribution in [-0.4, -0.2) is 4.98 Å². The first-order valence-electron chi connectivity index (χ1n) is 2.90. The van der Waals surface area contributed by atoms with Crippen LogP contribution in [0.25, 0.3) is 0 Å². The number of rotatable bonds is 1. The Morgan fingerprint density at radius 2 is 2.40 bits per heavy atom. The summed E-state index contributed by atoms with van der Waals surface area (Å²) < 4.78 is 0. The van der Waals surface area contributed by atoms with Crippen molar-refractivity contribution in [3.8, 4) is 0 Å². The van der Waals surface area contributed by atoms with Crippen LogP contribution in [0.4, 0.5) is 5.69 Å². The molecule has 1 aromatic heterocycles. The van der Waals surface area contributed by atoms with E-state index in [1.54, 1.807) is 6.20 Å². The van der Waals surface area contributed by atoms with E-state index in [1.807, 2.05) is 6.92 Å². The monoisotopic (exact) mass is 139 g/mol. The van der Waals surface area contributed by atoms with Crippen LogP contribution in [0.5, 0.6) is 0 Å². The van der Waals surface area contributed by atoms with Crippen molar-refractivity contribution >= 4 is 5.69 Å². The molecule has 10 heavy (non-hydrogen) atoms. The van der Waals surface area contributed by atoms with Gasteiger partial charge in [0.1, 0.15) is 0 Å². The zero-order valence-electron chi connectivity index (χ0n) is 5.64. The lowest BCUT2D eigenvalue weighted by molar-refractivity contribution is 1.18. The molecule has 1 heterocycles. The molecule has 0 saturated heterocycles. The minimum absolute atomic E-state index is 0.154. The van der Waals surface area contributed by atoms with Gasteiger partial charge in [0.15, 0.2) is 0 Å². The number of hydrazine groups is 1. The van der Waals surface area contributed by atoms with E-state index in [0.29, 0.717) is 5.69 Å². The van der Waals surface area contributed by atoms with E-state index in [9.17, 15) is 4.79 Å². The highest BCUT2D eigenvalue weighted by atomic mass is 16.1. The Morgan fingerprint density at radius 1 is 1.70 bits per heavy atom. The molecular formula is C6H9N3O. The largest absolute Gasteiger partial charge is 0.329 e. The summed E-state index contributed by atoms with van der Waals surface area (Å²) in [5.74, 6) is 5.12. The summed E-state index contributed by atoms with van der Waals surface area (Å²) in [6, 6.07) is 1.41. The molecule has 0 aromatic carbocycles. The van der Waals surface area contributed by atoms with Gasteiger partial charge >= 0.3 is 0 Å². The van der Waals surface area contributed by atoms with Gasteiger partial charge in [-0.3, -0.25) is 10.6 Å². The SMILES string of the molecule is Cc1c[nH]c(=O)cc1NN. The van der Waals surface area contributed by atoms with E-state index in [0.717, 1.165) is 5.56 Å². The van der Waals surface area contributed by atoms with Crippen molar-refractivity contribution in [3.63, 3.8) is 0 Å². The van der Waals surface area contributed by atoms with Gasteiger partial charge in [-0.25, -0.2) is 0 Å². The molecule has 54 valence electrons. The van der Waals surface area contributed by atoms with Gasteiger partial charge in [0.25, 0.3) is 0 Å². The van der Waals surface area contributed by atoms with Crippen molar-refractivity contribution in [1.82, 2.24) is 4.98 Å². The van der Waals surface area contributed by atoms with Crippen LogP contribution in [0.3, 0.4) is 0 Å². The van der Waals surface area contributed by atoms with Crippen molar-refractivity contribution in [3.05, 3.63) is 28.2 Å². The summed E-state index contributed by atoms with van der Waals surface area (Å²) in [5, 5.41) is 0. The quantitative estimate of drug-likeness (QED) is 0.378. The van der Waals surface area contributed by atoms with Crippen molar-refractivity contribution in [2.24, 2.45) is 5.84 Å². The Bertz CT molecular complexity index is 279. The number of H-pyrrole nitrogens is 1. The summed E-state index contributed by atoms with van der Waals surface area (Å²) in [6.07, 6.45) is 1.61. The molecule has 0 radical (unpaired) electrons. The Hall–Kier alpha value is -1.29. The number of pyridine rings is 1. The second-order valence-corrected chi connectivity index (χ2v) is 2.04. The number of aromatic nitrogens is 1. The summed E-state index contributed by atoms with van der Waals surface area (Å²) in [4.78, 5) is 13.2. The molecule has 0 unspecified atom stereocenters. The minimum Gasteiger partial charge on any atom is -0.329 e. The lowest BCUT2D eigenvalue weighted by Gasteiger charge is -2.00. The Balaban J connectivity index is 3.22. The number of nitrogens with two attached hydrogens (primary N) is 1. The third kappa shape index (κ3) is 1.16. The number of anilines is 1. The van der Waals surface area contributed by atoms with Crippen LogP contribution in [0.15, 0.2) is 17.1 Å². The first-order valence-corrected chi connectivity index (χ1v) is 2.90. The maximum Gasteiger partial charge on any atom is 0.250 e. The molecule has 1 rings (SSSR count). The van der Waals surface area contributed by atoms with E-state index < -0.39 is 0 Å². The van der Waals surface area contributed by atoms with E-state index in [-0.39, 0.29) is 5.56 Å². The normalized spacial score (nSPS) is 9.40. The fourth-order valence-electron chi connectivity index (χ4n) is 0.699. The maximum atomic E-state index is 10.7. The highest BCUT2D eigenvalue weighted by molar-refractivity contribution is 5.47. The third-order valence-electron chi connectivity index (χ3n) is 1.29. The second kappa shape index (κ2) is 2.53. The highest BCUT2D eigenvalue weighted by Gasteiger charge is 1.93. The molecule has 4 heteroatoms. The van der Waals surface area contributed by atoms with E-state index >= 15 is 0 Å². The fourth-order valence-corrected chi connectivity index (χ4v) is 0.699. The molecule has 0 spiro atoms. The smallest absolute Gasteiger partial charge is 0.250 e. The average molecular weight is 139 g/mol. The predicted octanol–water partition coefficient (Wildman–Crippen LogP) is -0.0311. The Morgan fingerprint density at radius 3 is 2.90 bits per heavy atom. The lowest BCUT2D eigenvalue weighted by atomic mass is 10.3. The molecule has 4 N–H and O–H groups in total. The number of aromatic amines is 1. The summed E-state index contributed by atoms with van der Waals surface area (Å²) in [5.41, 5.74) is 3.84. The number of nitrogen functional groups attached to an aromatic ring is 1. The van der Waals surface area contributed by atoms with Gasteiger partial charge in [0.2, 0.25) is 5.56 Å². The predicted molar refractivity (Wildman–Crippen MR) is 39.6 cm³/mol. The Labute approximate surface area is 58.0 Å².